The maximum Gasteiger partial charge on any atom is 0.531 e. The van der Waals surface area contributed by atoms with Gasteiger partial charge in [-0.25, -0.2) is 4.79 Å². The number of nitrogens with zero attached hydrogens (tertiary/aromatic N) is 1. The van der Waals surface area contributed by atoms with Crippen molar-refractivity contribution >= 4 is 18.0 Å². The fourth-order valence-corrected chi connectivity index (χ4v) is 3.20. The summed E-state index contributed by atoms with van der Waals surface area (Å²) in [6, 6.07) is 0. The van der Waals surface area contributed by atoms with Gasteiger partial charge >= 0.3 is 6.16 Å². The summed E-state index contributed by atoms with van der Waals surface area (Å²) in [7, 11) is 0. The molecule has 8 nitrogen and oxygen atoms in total. The summed E-state index contributed by atoms with van der Waals surface area (Å²) >= 11 is 0. The van der Waals surface area contributed by atoms with Crippen LogP contribution in [0.3, 0.4) is 0 Å². The first kappa shape index (κ1) is 12.4. The Morgan fingerprint density at radius 1 is 1.32 bits per heavy atom. The Kier molecular flexibility index (Phi) is 2.72. The van der Waals surface area contributed by atoms with Crippen LogP contribution in [-0.2, 0) is 23.9 Å². The van der Waals surface area contributed by atoms with Crippen molar-refractivity contribution < 1.29 is 33.8 Å². The summed E-state index contributed by atoms with van der Waals surface area (Å²) in [5.41, 5.74) is -0.524. The molecule has 0 saturated carbocycles. The molecular weight excluding hydrogens is 258 g/mol. The SMILES string of the molecule is O=C(O)ON1C(=O)CC(C23CCOC2OCC3)C1=O. The Labute approximate surface area is 108 Å². The quantitative estimate of drug-likeness (QED) is 0.712. The van der Waals surface area contributed by atoms with Crippen LogP contribution in [0.2, 0.25) is 0 Å². The second-order valence-corrected chi connectivity index (χ2v) is 4.95. The Hall–Kier alpha value is -1.67. The third-order valence-corrected chi connectivity index (χ3v) is 4.11. The number of hydroxylamine groups is 2. The average Bonchev–Trinajstić information content (AvgIpc) is 2.96. The number of carbonyl (C=O) groups excluding carboxylic acids is 2. The zero-order valence-corrected chi connectivity index (χ0v) is 10.0. The highest BCUT2D eigenvalue weighted by molar-refractivity contribution is 6.03. The minimum absolute atomic E-state index is 0.0602. The topological polar surface area (TPSA) is 102 Å². The lowest BCUT2D eigenvalue weighted by Crippen LogP contribution is -2.40. The van der Waals surface area contributed by atoms with Crippen molar-refractivity contribution in [3.63, 3.8) is 0 Å². The molecule has 3 heterocycles. The molecule has 1 atom stereocenters. The molecular formula is C11H13NO7. The summed E-state index contributed by atoms with van der Waals surface area (Å²) in [4.78, 5) is 38.6. The van der Waals surface area contributed by atoms with Crippen molar-refractivity contribution in [2.75, 3.05) is 13.2 Å². The summed E-state index contributed by atoms with van der Waals surface area (Å²) in [6.07, 6.45) is -0.972. The lowest BCUT2D eigenvalue weighted by atomic mass is 9.71. The second-order valence-electron chi connectivity index (χ2n) is 4.95. The van der Waals surface area contributed by atoms with Gasteiger partial charge in [-0.2, -0.15) is 0 Å². The van der Waals surface area contributed by atoms with Crippen LogP contribution in [0, 0.1) is 11.3 Å². The van der Waals surface area contributed by atoms with E-state index in [0.29, 0.717) is 31.1 Å². The molecule has 0 aliphatic carbocycles. The maximum atomic E-state index is 12.2. The molecule has 3 saturated heterocycles. The van der Waals surface area contributed by atoms with Gasteiger partial charge in [-0.1, -0.05) is 5.06 Å². The number of carbonyl (C=O) groups is 3. The van der Waals surface area contributed by atoms with Gasteiger partial charge in [0, 0.05) is 11.8 Å². The Morgan fingerprint density at radius 3 is 2.53 bits per heavy atom. The first-order valence-electron chi connectivity index (χ1n) is 6.05. The van der Waals surface area contributed by atoms with E-state index < -0.39 is 35.6 Å². The zero-order chi connectivity index (χ0) is 13.6. The fourth-order valence-electron chi connectivity index (χ4n) is 3.20. The zero-order valence-electron chi connectivity index (χ0n) is 10.0. The number of carboxylic acid groups (broad SMARTS) is 1. The van der Waals surface area contributed by atoms with Crippen LogP contribution in [0.1, 0.15) is 19.3 Å². The molecule has 0 aromatic rings. The summed E-state index contributed by atoms with van der Waals surface area (Å²) in [5.74, 6) is -1.88. The number of rotatable bonds is 2. The molecule has 3 rings (SSSR count). The van der Waals surface area contributed by atoms with Gasteiger partial charge in [-0.15, -0.1) is 0 Å². The van der Waals surface area contributed by atoms with E-state index in [1.165, 1.54) is 0 Å². The van der Waals surface area contributed by atoms with Gasteiger partial charge in [-0.05, 0) is 12.8 Å². The van der Waals surface area contributed by atoms with Crippen LogP contribution < -0.4 is 0 Å². The first-order valence-corrected chi connectivity index (χ1v) is 6.05. The van der Waals surface area contributed by atoms with Crippen LogP contribution in [-0.4, -0.2) is 47.6 Å². The Balaban J connectivity index is 1.85. The third-order valence-electron chi connectivity index (χ3n) is 4.11. The second kappa shape index (κ2) is 4.17. The maximum absolute atomic E-state index is 12.2. The van der Waals surface area contributed by atoms with Crippen LogP contribution in [0.25, 0.3) is 0 Å². The number of amides is 2. The Morgan fingerprint density at radius 2 is 1.95 bits per heavy atom. The molecule has 19 heavy (non-hydrogen) atoms. The molecule has 1 N–H and O–H groups in total. The fraction of sp³-hybridized carbons (Fsp3) is 0.727. The lowest BCUT2D eigenvalue weighted by molar-refractivity contribution is -0.179. The normalized spacial score (nSPS) is 37.8. The molecule has 3 aliphatic heterocycles. The molecule has 0 bridgehead atoms. The van der Waals surface area contributed by atoms with E-state index >= 15 is 0 Å². The molecule has 2 amide bonds. The van der Waals surface area contributed by atoms with Crippen molar-refractivity contribution in [3.05, 3.63) is 0 Å². The number of fused-ring (bicyclic) bond motifs is 1. The third kappa shape index (κ3) is 1.71. The molecule has 0 radical (unpaired) electrons. The van der Waals surface area contributed by atoms with Gasteiger partial charge in [0.25, 0.3) is 11.8 Å². The summed E-state index contributed by atoms with van der Waals surface area (Å²) in [5, 5.41) is 8.87. The Bertz CT molecular complexity index is 438. The van der Waals surface area contributed by atoms with E-state index in [2.05, 4.69) is 4.84 Å². The minimum atomic E-state index is -1.68. The molecule has 104 valence electrons. The first-order chi connectivity index (χ1) is 9.04. The van der Waals surface area contributed by atoms with Crippen molar-refractivity contribution in [2.45, 2.75) is 25.6 Å². The van der Waals surface area contributed by atoms with Crippen LogP contribution in [0.5, 0.6) is 0 Å². The molecule has 0 aromatic heterocycles. The standard InChI is InChI=1S/C11H13NO7/c13-7-5-6(8(14)12(7)19-10(15)16)11-1-3-17-9(11)18-4-2-11/h6,9H,1-5H2,(H,15,16). The van der Waals surface area contributed by atoms with Crippen molar-refractivity contribution in [1.29, 1.82) is 0 Å². The van der Waals surface area contributed by atoms with E-state index in [-0.39, 0.29) is 6.42 Å². The lowest BCUT2D eigenvalue weighted by Gasteiger charge is -2.30. The smallest absolute Gasteiger partial charge is 0.448 e. The molecule has 3 aliphatic rings. The van der Waals surface area contributed by atoms with Gasteiger partial charge in [0.2, 0.25) is 0 Å². The van der Waals surface area contributed by atoms with Crippen molar-refractivity contribution in [2.24, 2.45) is 11.3 Å². The minimum Gasteiger partial charge on any atom is -0.448 e. The van der Waals surface area contributed by atoms with Gasteiger partial charge in [-0.3, -0.25) is 14.4 Å². The van der Waals surface area contributed by atoms with Crippen LogP contribution in [0.4, 0.5) is 4.79 Å². The van der Waals surface area contributed by atoms with Crippen molar-refractivity contribution in [3.8, 4) is 0 Å². The van der Waals surface area contributed by atoms with Crippen LogP contribution >= 0.6 is 0 Å². The van der Waals surface area contributed by atoms with E-state index in [9.17, 15) is 14.4 Å². The molecule has 0 spiro atoms. The average molecular weight is 271 g/mol. The summed E-state index contributed by atoms with van der Waals surface area (Å²) in [6.45, 7) is 0.949. The highest BCUT2D eigenvalue weighted by Gasteiger charge is 2.61. The predicted octanol–water partition coefficient (Wildman–Crippen LogP) is 0.124. The highest BCUT2D eigenvalue weighted by atomic mass is 16.8. The predicted molar refractivity (Wildman–Crippen MR) is 56.4 cm³/mol. The highest BCUT2D eigenvalue weighted by Crippen LogP contribution is 2.52. The number of hydrogen-bond acceptors (Lipinski definition) is 6. The monoisotopic (exact) mass is 271 g/mol. The largest absolute Gasteiger partial charge is 0.531 e. The van der Waals surface area contributed by atoms with Gasteiger partial charge < -0.3 is 14.6 Å². The summed E-state index contributed by atoms with van der Waals surface area (Å²) < 4.78 is 10.9. The number of ether oxygens (including phenoxy) is 2. The van der Waals surface area contributed by atoms with Crippen molar-refractivity contribution in [1.82, 2.24) is 5.06 Å². The van der Waals surface area contributed by atoms with Gasteiger partial charge in [0.1, 0.15) is 0 Å². The molecule has 0 aromatic carbocycles. The van der Waals surface area contributed by atoms with E-state index in [0.717, 1.165) is 0 Å². The number of imide groups is 1. The number of hydrogen-bond donors (Lipinski definition) is 1. The van der Waals surface area contributed by atoms with Gasteiger partial charge in [0.15, 0.2) is 6.29 Å². The van der Waals surface area contributed by atoms with E-state index in [1.54, 1.807) is 0 Å². The van der Waals surface area contributed by atoms with E-state index in [4.69, 9.17) is 14.6 Å². The van der Waals surface area contributed by atoms with Gasteiger partial charge in [0.05, 0.1) is 19.1 Å². The van der Waals surface area contributed by atoms with Crippen LogP contribution in [0.15, 0.2) is 0 Å². The molecule has 3 fully saturated rings. The molecule has 8 heteroatoms. The molecule has 1 unspecified atom stereocenters. The van der Waals surface area contributed by atoms with E-state index in [1.807, 2.05) is 0 Å².